The van der Waals surface area contributed by atoms with Crippen LogP contribution in [0.4, 0.5) is 5.82 Å². The fraction of sp³-hybridized carbons (Fsp3) is 0.522. The number of nitrogens with zero attached hydrogens (tertiary/aromatic N) is 6. The minimum atomic E-state index is -0.0422. The summed E-state index contributed by atoms with van der Waals surface area (Å²) in [6.07, 6.45) is 7.08. The molecule has 1 aromatic carbocycles. The zero-order valence-corrected chi connectivity index (χ0v) is 20.8. The molecule has 4 heterocycles. The Morgan fingerprint density at radius 1 is 1.18 bits per heavy atom. The van der Waals surface area contributed by atoms with Crippen molar-refractivity contribution in [1.82, 2.24) is 23.9 Å². The van der Waals surface area contributed by atoms with Crippen LogP contribution in [0.1, 0.15) is 38.1 Å². The van der Waals surface area contributed by atoms with Gasteiger partial charge in [0.2, 0.25) is 5.91 Å². The highest BCUT2D eigenvalue weighted by molar-refractivity contribution is 7.97. The molecule has 0 aliphatic carbocycles. The predicted molar refractivity (Wildman–Crippen MR) is 133 cm³/mol. The monoisotopic (exact) mass is 488 g/mol. The summed E-state index contributed by atoms with van der Waals surface area (Å²) in [5, 5.41) is 11.3. The lowest BCUT2D eigenvalue weighted by atomic mass is 10.0. The van der Waals surface area contributed by atoms with E-state index in [1.54, 1.807) is 18.9 Å². The highest BCUT2D eigenvalue weighted by Gasteiger charge is 2.29. The van der Waals surface area contributed by atoms with Crippen LogP contribution in [0.25, 0.3) is 22.0 Å². The minimum Gasteiger partial charge on any atom is -0.356 e. The summed E-state index contributed by atoms with van der Waals surface area (Å²) in [7, 11) is 0. The molecule has 3 aromatic rings. The van der Waals surface area contributed by atoms with Crippen LogP contribution in [0, 0.1) is 6.92 Å². The Morgan fingerprint density at radius 2 is 1.97 bits per heavy atom. The van der Waals surface area contributed by atoms with Gasteiger partial charge in [-0.3, -0.25) is 4.79 Å². The van der Waals surface area contributed by atoms with E-state index in [0.717, 1.165) is 72.5 Å². The minimum absolute atomic E-state index is 0.0422. The normalized spacial score (nSPS) is 19.5. The number of hydrogen-bond donors (Lipinski definition) is 0. The second kappa shape index (κ2) is 9.19. The van der Waals surface area contributed by atoms with Gasteiger partial charge in [-0.25, -0.2) is 8.77 Å². The molecular weight excluding hydrogens is 460 g/mol. The van der Waals surface area contributed by atoms with E-state index in [1.165, 1.54) is 0 Å². The molecule has 176 valence electrons. The predicted octanol–water partition coefficient (Wildman–Crippen LogP) is 4.36. The number of rotatable bonds is 4. The first-order chi connectivity index (χ1) is 16.0. The largest absolute Gasteiger partial charge is 0.356 e. The van der Waals surface area contributed by atoms with Gasteiger partial charge < -0.3 is 14.5 Å². The van der Waals surface area contributed by atoms with Crippen molar-refractivity contribution in [3.05, 3.63) is 29.0 Å². The van der Waals surface area contributed by atoms with Crippen molar-refractivity contribution in [3.63, 3.8) is 0 Å². The Morgan fingerprint density at radius 3 is 2.64 bits per heavy atom. The molecule has 33 heavy (non-hydrogen) atoms. The van der Waals surface area contributed by atoms with E-state index in [-0.39, 0.29) is 12.1 Å². The molecule has 5 rings (SSSR count). The van der Waals surface area contributed by atoms with Crippen molar-refractivity contribution in [1.29, 1.82) is 0 Å². The summed E-state index contributed by atoms with van der Waals surface area (Å²) in [6, 6.07) is 3.99. The molecule has 0 saturated carbocycles. The number of amides is 1. The molecule has 1 atom stereocenters. The average molecular weight is 489 g/mol. The Balaban J connectivity index is 1.61. The fourth-order valence-corrected chi connectivity index (χ4v) is 5.67. The second-order valence-electron chi connectivity index (χ2n) is 8.60. The molecule has 1 unspecified atom stereocenters. The number of halogens is 1. The summed E-state index contributed by atoms with van der Waals surface area (Å²) >= 11 is 8.41. The first-order valence-corrected chi connectivity index (χ1v) is 13.0. The van der Waals surface area contributed by atoms with Gasteiger partial charge in [-0.2, -0.15) is 5.10 Å². The SMILES string of the molecule is CSn1nc(N2CCN(C(C)=O)CC2)c(-c2c(Cl)ccc3c2cnn3C2CCCCO2)c1C. The molecule has 2 aliphatic rings. The van der Waals surface area contributed by atoms with Crippen LogP contribution in [-0.4, -0.2) is 68.8 Å². The van der Waals surface area contributed by atoms with Crippen molar-refractivity contribution in [2.24, 2.45) is 0 Å². The molecule has 2 aromatic heterocycles. The lowest BCUT2D eigenvalue weighted by Crippen LogP contribution is -2.48. The molecule has 2 saturated heterocycles. The third-order valence-electron chi connectivity index (χ3n) is 6.66. The van der Waals surface area contributed by atoms with Crippen LogP contribution in [-0.2, 0) is 9.53 Å². The van der Waals surface area contributed by atoms with Crippen LogP contribution in [0.5, 0.6) is 0 Å². The topological polar surface area (TPSA) is 68.4 Å². The molecule has 8 nitrogen and oxygen atoms in total. The maximum Gasteiger partial charge on any atom is 0.219 e. The van der Waals surface area contributed by atoms with E-state index in [0.29, 0.717) is 18.1 Å². The van der Waals surface area contributed by atoms with Gasteiger partial charge in [0.25, 0.3) is 0 Å². The molecule has 0 N–H and O–H groups in total. The van der Waals surface area contributed by atoms with Gasteiger partial charge >= 0.3 is 0 Å². The fourth-order valence-electron chi connectivity index (χ4n) is 4.89. The quantitative estimate of drug-likeness (QED) is 0.543. The molecule has 2 fully saturated rings. The van der Waals surface area contributed by atoms with Crippen LogP contribution < -0.4 is 4.90 Å². The molecule has 10 heteroatoms. The first-order valence-electron chi connectivity index (χ1n) is 11.4. The van der Waals surface area contributed by atoms with Crippen LogP contribution in [0.15, 0.2) is 18.3 Å². The van der Waals surface area contributed by atoms with E-state index in [9.17, 15) is 4.79 Å². The van der Waals surface area contributed by atoms with Gasteiger partial charge in [0.15, 0.2) is 12.0 Å². The number of benzene rings is 1. The van der Waals surface area contributed by atoms with E-state index >= 15 is 0 Å². The average Bonchev–Trinajstić information content (AvgIpc) is 3.41. The van der Waals surface area contributed by atoms with Crippen LogP contribution in [0.3, 0.4) is 0 Å². The number of carbonyl (C=O) groups is 1. The zero-order chi connectivity index (χ0) is 23.1. The summed E-state index contributed by atoms with van der Waals surface area (Å²) in [6.45, 7) is 7.33. The van der Waals surface area contributed by atoms with Crippen molar-refractivity contribution < 1.29 is 9.53 Å². The molecular formula is C23H29ClN6O2S. The standard InChI is InChI=1S/C23H29ClN6O2S/c1-15-21(23(26-30(15)33-3)28-11-9-27(10-12-28)16(2)31)22-17-14-25-29(19(17)8-7-18(22)24)20-6-4-5-13-32-20/h7-8,14,20H,4-6,9-13H2,1-3H3. The third-order valence-corrected chi connectivity index (χ3v) is 7.68. The summed E-state index contributed by atoms with van der Waals surface area (Å²) in [5.74, 6) is 1.02. The summed E-state index contributed by atoms with van der Waals surface area (Å²) in [4.78, 5) is 16.0. The van der Waals surface area contributed by atoms with E-state index < -0.39 is 0 Å². The lowest BCUT2D eigenvalue weighted by Gasteiger charge is -2.35. The van der Waals surface area contributed by atoms with Crippen molar-refractivity contribution in [2.75, 3.05) is 43.9 Å². The molecule has 0 spiro atoms. The first kappa shape index (κ1) is 22.6. The second-order valence-corrected chi connectivity index (χ2v) is 9.72. The van der Waals surface area contributed by atoms with Crippen molar-refractivity contribution in [3.8, 4) is 11.1 Å². The zero-order valence-electron chi connectivity index (χ0n) is 19.3. The molecule has 2 aliphatic heterocycles. The molecule has 1 amide bonds. The number of anilines is 1. The Kier molecular flexibility index (Phi) is 6.28. The summed E-state index contributed by atoms with van der Waals surface area (Å²) in [5.41, 5.74) is 4.05. The Labute approximate surface area is 202 Å². The van der Waals surface area contributed by atoms with Gasteiger partial charge in [-0.15, -0.1) is 5.10 Å². The molecule has 0 bridgehead atoms. The van der Waals surface area contributed by atoms with Gasteiger partial charge in [-0.05, 0) is 50.3 Å². The summed E-state index contributed by atoms with van der Waals surface area (Å²) < 4.78 is 9.95. The number of fused-ring (bicyclic) bond motifs is 1. The number of carbonyl (C=O) groups excluding carboxylic acids is 1. The van der Waals surface area contributed by atoms with Crippen LogP contribution in [0.2, 0.25) is 5.02 Å². The van der Waals surface area contributed by atoms with Crippen molar-refractivity contribution >= 4 is 46.2 Å². The highest BCUT2D eigenvalue weighted by atomic mass is 35.5. The maximum absolute atomic E-state index is 11.8. The maximum atomic E-state index is 11.8. The third kappa shape index (κ3) is 4.00. The number of ether oxygens (including phenoxy) is 1. The van der Waals surface area contributed by atoms with Gasteiger partial charge in [0, 0.05) is 61.9 Å². The smallest absolute Gasteiger partial charge is 0.219 e. The number of piperazine rings is 1. The van der Waals surface area contributed by atoms with E-state index in [4.69, 9.17) is 26.5 Å². The Hall–Kier alpha value is -2.23. The van der Waals surface area contributed by atoms with Crippen LogP contribution >= 0.6 is 23.5 Å². The van der Waals surface area contributed by atoms with E-state index in [2.05, 4.69) is 11.8 Å². The number of aromatic nitrogens is 4. The van der Waals surface area contributed by atoms with E-state index in [1.807, 2.05) is 38.3 Å². The Bertz CT molecular complexity index is 1180. The molecule has 0 radical (unpaired) electrons. The van der Waals surface area contributed by atoms with Gasteiger partial charge in [-0.1, -0.05) is 11.6 Å². The van der Waals surface area contributed by atoms with Gasteiger partial charge in [0.05, 0.1) is 23.0 Å². The van der Waals surface area contributed by atoms with Gasteiger partial charge in [0.1, 0.15) is 0 Å². The van der Waals surface area contributed by atoms with Crippen molar-refractivity contribution in [2.45, 2.75) is 39.3 Å². The lowest BCUT2D eigenvalue weighted by molar-refractivity contribution is -0.129. The highest BCUT2D eigenvalue weighted by Crippen LogP contribution is 2.43. The number of hydrogen-bond acceptors (Lipinski definition) is 6.